The molecule has 118 valence electrons. The molecule has 1 unspecified atom stereocenters. The molecule has 0 radical (unpaired) electrons. The van der Waals surface area contributed by atoms with E-state index in [9.17, 15) is 13.2 Å². The van der Waals surface area contributed by atoms with Crippen LogP contribution in [-0.4, -0.2) is 36.8 Å². The van der Waals surface area contributed by atoms with E-state index >= 15 is 0 Å². The number of nitrogens with zero attached hydrogens (tertiary/aromatic N) is 1. The van der Waals surface area contributed by atoms with E-state index < -0.39 is 12.7 Å². The Kier molecular flexibility index (Phi) is 5.27. The number of alkyl halides is 3. The van der Waals surface area contributed by atoms with E-state index in [0.717, 1.165) is 25.9 Å². The van der Waals surface area contributed by atoms with E-state index in [2.05, 4.69) is 42.3 Å². The van der Waals surface area contributed by atoms with Gasteiger partial charge in [-0.1, -0.05) is 23.8 Å². The monoisotopic (exact) mass is 300 g/mol. The highest BCUT2D eigenvalue weighted by Gasteiger charge is 2.29. The zero-order valence-corrected chi connectivity index (χ0v) is 12.6. The maximum absolute atomic E-state index is 12.3. The fourth-order valence-corrected chi connectivity index (χ4v) is 2.89. The Morgan fingerprint density at radius 2 is 2.05 bits per heavy atom. The standard InChI is InChI=1S/C16H23F3N2/c1-12-5-6-14(13(2)8-12)9-21-7-3-4-15(10-21)20-11-16(17,18)19/h5-6,8,15,20H,3-4,7,9-11H2,1-2H3. The third kappa shape index (κ3) is 5.32. The van der Waals surface area contributed by atoms with Crippen LogP contribution in [0, 0.1) is 13.8 Å². The molecule has 1 saturated heterocycles. The molecule has 0 aromatic heterocycles. The Morgan fingerprint density at radius 1 is 1.29 bits per heavy atom. The lowest BCUT2D eigenvalue weighted by atomic mass is 10.0. The van der Waals surface area contributed by atoms with Gasteiger partial charge in [0.2, 0.25) is 0 Å². The minimum Gasteiger partial charge on any atom is -0.305 e. The first-order chi connectivity index (χ1) is 9.83. The van der Waals surface area contributed by atoms with Crippen molar-refractivity contribution in [1.82, 2.24) is 10.2 Å². The van der Waals surface area contributed by atoms with Crippen molar-refractivity contribution in [2.45, 2.75) is 45.5 Å². The van der Waals surface area contributed by atoms with Crippen LogP contribution in [0.5, 0.6) is 0 Å². The molecule has 1 aliphatic heterocycles. The minimum absolute atomic E-state index is 0.0638. The summed E-state index contributed by atoms with van der Waals surface area (Å²) in [5.74, 6) is 0. The van der Waals surface area contributed by atoms with Crippen molar-refractivity contribution in [2.75, 3.05) is 19.6 Å². The van der Waals surface area contributed by atoms with Gasteiger partial charge < -0.3 is 5.32 Å². The quantitative estimate of drug-likeness (QED) is 0.916. The Labute approximate surface area is 124 Å². The second-order valence-electron chi connectivity index (χ2n) is 6.00. The summed E-state index contributed by atoms with van der Waals surface area (Å²) in [6, 6.07) is 6.30. The molecule has 1 fully saturated rings. The molecule has 1 aromatic rings. The number of rotatable bonds is 4. The summed E-state index contributed by atoms with van der Waals surface area (Å²) in [5.41, 5.74) is 3.75. The molecule has 1 heterocycles. The Bertz CT molecular complexity index is 471. The topological polar surface area (TPSA) is 15.3 Å². The molecule has 1 N–H and O–H groups in total. The van der Waals surface area contributed by atoms with Crippen LogP contribution in [0.25, 0.3) is 0 Å². The highest BCUT2D eigenvalue weighted by Crippen LogP contribution is 2.18. The third-order valence-electron chi connectivity index (χ3n) is 3.99. The van der Waals surface area contributed by atoms with Crippen molar-refractivity contribution >= 4 is 0 Å². The zero-order chi connectivity index (χ0) is 15.5. The first-order valence-electron chi connectivity index (χ1n) is 7.42. The van der Waals surface area contributed by atoms with Crippen molar-refractivity contribution < 1.29 is 13.2 Å². The van der Waals surface area contributed by atoms with Gasteiger partial charge in [-0.25, -0.2) is 0 Å². The molecule has 2 rings (SSSR count). The third-order valence-corrected chi connectivity index (χ3v) is 3.99. The summed E-state index contributed by atoms with van der Waals surface area (Å²) in [6.07, 6.45) is -2.37. The molecule has 0 saturated carbocycles. The van der Waals surface area contributed by atoms with Gasteiger partial charge in [0.15, 0.2) is 0 Å². The predicted molar refractivity (Wildman–Crippen MR) is 78.3 cm³/mol. The lowest BCUT2D eigenvalue weighted by molar-refractivity contribution is -0.127. The van der Waals surface area contributed by atoms with Gasteiger partial charge in [-0.3, -0.25) is 4.90 Å². The van der Waals surface area contributed by atoms with Gasteiger partial charge in [0.25, 0.3) is 0 Å². The normalized spacial score (nSPS) is 20.7. The average Bonchev–Trinajstić information content (AvgIpc) is 2.39. The van der Waals surface area contributed by atoms with E-state index in [1.165, 1.54) is 16.7 Å². The number of halogens is 3. The molecule has 0 spiro atoms. The fourth-order valence-electron chi connectivity index (χ4n) is 2.89. The number of hydrogen-bond acceptors (Lipinski definition) is 2. The molecule has 1 aromatic carbocycles. The number of nitrogens with one attached hydrogen (secondary N) is 1. The maximum Gasteiger partial charge on any atom is 0.401 e. The molecular weight excluding hydrogens is 277 g/mol. The Morgan fingerprint density at radius 3 is 2.71 bits per heavy atom. The summed E-state index contributed by atoms with van der Waals surface area (Å²) in [6.45, 7) is 5.71. The molecule has 2 nitrogen and oxygen atoms in total. The van der Waals surface area contributed by atoms with E-state index in [0.29, 0.717) is 6.54 Å². The van der Waals surface area contributed by atoms with Crippen LogP contribution < -0.4 is 5.32 Å². The number of benzene rings is 1. The van der Waals surface area contributed by atoms with Gasteiger partial charge in [0.05, 0.1) is 6.54 Å². The minimum atomic E-state index is -4.13. The largest absolute Gasteiger partial charge is 0.401 e. The Hall–Kier alpha value is -1.07. The van der Waals surface area contributed by atoms with Crippen molar-refractivity contribution in [3.8, 4) is 0 Å². The van der Waals surface area contributed by atoms with Crippen LogP contribution in [0.4, 0.5) is 13.2 Å². The molecule has 0 amide bonds. The van der Waals surface area contributed by atoms with Crippen LogP contribution in [0.3, 0.4) is 0 Å². The SMILES string of the molecule is Cc1ccc(CN2CCCC(NCC(F)(F)F)C2)c(C)c1. The lowest BCUT2D eigenvalue weighted by Gasteiger charge is -2.33. The van der Waals surface area contributed by atoms with E-state index in [1.807, 2.05) is 0 Å². The highest BCUT2D eigenvalue weighted by molar-refractivity contribution is 5.30. The van der Waals surface area contributed by atoms with Crippen molar-refractivity contribution in [1.29, 1.82) is 0 Å². The number of piperidine rings is 1. The van der Waals surface area contributed by atoms with Gasteiger partial charge in [0, 0.05) is 19.1 Å². The second-order valence-corrected chi connectivity index (χ2v) is 6.00. The van der Waals surface area contributed by atoms with Gasteiger partial charge in [0.1, 0.15) is 0 Å². The summed E-state index contributed by atoms with van der Waals surface area (Å²) in [7, 11) is 0. The molecule has 1 atom stereocenters. The predicted octanol–water partition coefficient (Wildman–Crippen LogP) is 3.42. The van der Waals surface area contributed by atoms with E-state index in [1.54, 1.807) is 0 Å². The molecule has 0 bridgehead atoms. The summed E-state index contributed by atoms with van der Waals surface area (Å²) in [5, 5.41) is 2.63. The number of aryl methyl sites for hydroxylation is 2. The molecule has 5 heteroatoms. The second kappa shape index (κ2) is 6.79. The molecular formula is C16H23F3N2. The van der Waals surface area contributed by atoms with E-state index in [4.69, 9.17) is 0 Å². The fraction of sp³-hybridized carbons (Fsp3) is 0.625. The van der Waals surface area contributed by atoms with Gasteiger partial charge in [-0.15, -0.1) is 0 Å². The maximum atomic E-state index is 12.3. The van der Waals surface area contributed by atoms with Crippen LogP contribution in [0.1, 0.15) is 29.5 Å². The van der Waals surface area contributed by atoms with Crippen molar-refractivity contribution in [3.05, 3.63) is 34.9 Å². The number of hydrogen-bond donors (Lipinski definition) is 1. The number of likely N-dealkylation sites (tertiary alicyclic amines) is 1. The van der Waals surface area contributed by atoms with Crippen molar-refractivity contribution in [2.24, 2.45) is 0 Å². The van der Waals surface area contributed by atoms with Gasteiger partial charge in [-0.2, -0.15) is 13.2 Å². The first-order valence-corrected chi connectivity index (χ1v) is 7.42. The summed E-state index contributed by atoms with van der Waals surface area (Å²) < 4.78 is 36.8. The van der Waals surface area contributed by atoms with E-state index in [-0.39, 0.29) is 6.04 Å². The highest BCUT2D eigenvalue weighted by atomic mass is 19.4. The molecule has 1 aliphatic rings. The van der Waals surface area contributed by atoms with Crippen LogP contribution >= 0.6 is 0 Å². The van der Waals surface area contributed by atoms with Crippen LogP contribution in [0.15, 0.2) is 18.2 Å². The summed E-state index contributed by atoms with van der Waals surface area (Å²) >= 11 is 0. The van der Waals surface area contributed by atoms with Crippen LogP contribution in [0.2, 0.25) is 0 Å². The zero-order valence-electron chi connectivity index (χ0n) is 12.6. The van der Waals surface area contributed by atoms with Gasteiger partial charge >= 0.3 is 6.18 Å². The first kappa shape index (κ1) is 16.3. The average molecular weight is 300 g/mol. The molecule has 21 heavy (non-hydrogen) atoms. The van der Waals surface area contributed by atoms with Gasteiger partial charge in [-0.05, 0) is 44.4 Å². The van der Waals surface area contributed by atoms with Crippen molar-refractivity contribution in [3.63, 3.8) is 0 Å². The summed E-state index contributed by atoms with van der Waals surface area (Å²) in [4.78, 5) is 2.25. The Balaban J connectivity index is 1.89. The smallest absolute Gasteiger partial charge is 0.305 e. The van der Waals surface area contributed by atoms with Crippen LogP contribution in [-0.2, 0) is 6.54 Å². The lowest BCUT2D eigenvalue weighted by Crippen LogP contribution is -2.47. The molecule has 0 aliphatic carbocycles.